The third-order valence-corrected chi connectivity index (χ3v) is 5.11. The van der Waals surface area contributed by atoms with Crippen molar-refractivity contribution in [3.8, 4) is 0 Å². The number of anilines is 1. The minimum atomic E-state index is 0.444. The zero-order chi connectivity index (χ0) is 14.7. The highest BCUT2D eigenvalue weighted by molar-refractivity contribution is 5.48. The molecule has 0 radical (unpaired) electrons. The molecule has 0 amide bonds. The Morgan fingerprint density at radius 1 is 1.14 bits per heavy atom. The number of fused-ring (bicyclic) bond motifs is 1. The predicted molar refractivity (Wildman–Crippen MR) is 90.0 cm³/mol. The molecule has 0 aromatic heterocycles. The second-order valence-electron chi connectivity index (χ2n) is 6.50. The number of hydrogen-bond donors (Lipinski definition) is 1. The van der Waals surface area contributed by atoms with Gasteiger partial charge < -0.3 is 10.2 Å². The summed E-state index contributed by atoms with van der Waals surface area (Å²) in [4.78, 5) is 5.27. The Balaban J connectivity index is 1.64. The van der Waals surface area contributed by atoms with Gasteiger partial charge in [0.1, 0.15) is 0 Å². The highest BCUT2D eigenvalue weighted by Gasteiger charge is 2.28. The minimum Gasteiger partial charge on any atom is -0.369 e. The van der Waals surface area contributed by atoms with Crippen LogP contribution >= 0.6 is 0 Å². The van der Waals surface area contributed by atoms with Crippen LogP contribution in [0.25, 0.3) is 0 Å². The van der Waals surface area contributed by atoms with Gasteiger partial charge in [-0.15, -0.1) is 0 Å². The van der Waals surface area contributed by atoms with Crippen molar-refractivity contribution in [2.75, 3.05) is 37.6 Å². The van der Waals surface area contributed by atoms with E-state index in [2.05, 4.69) is 53.2 Å². The lowest BCUT2D eigenvalue weighted by molar-refractivity contribution is 0.133. The molecule has 1 aromatic carbocycles. The molecule has 3 rings (SSSR count). The zero-order valence-corrected chi connectivity index (χ0v) is 13.5. The van der Waals surface area contributed by atoms with E-state index in [0.717, 1.165) is 12.6 Å². The standard InChI is InChI=1S/C18H29N3/c1-3-19-15(2)16-7-9-17(10-8-16)21-13-12-20-11-5-4-6-18(20)14-21/h7-10,15,18-19H,3-6,11-14H2,1-2H3. The van der Waals surface area contributed by atoms with Crippen molar-refractivity contribution < 1.29 is 0 Å². The van der Waals surface area contributed by atoms with Crippen molar-refractivity contribution >= 4 is 5.69 Å². The summed E-state index contributed by atoms with van der Waals surface area (Å²) in [5.41, 5.74) is 2.78. The fourth-order valence-corrected chi connectivity index (χ4v) is 3.79. The molecule has 0 bridgehead atoms. The predicted octanol–water partition coefficient (Wildman–Crippen LogP) is 3.03. The Bertz CT molecular complexity index is 442. The van der Waals surface area contributed by atoms with Gasteiger partial charge in [0.05, 0.1) is 0 Å². The van der Waals surface area contributed by atoms with E-state index in [4.69, 9.17) is 0 Å². The summed E-state index contributed by atoms with van der Waals surface area (Å²) in [6.45, 7) is 10.4. The van der Waals surface area contributed by atoms with Gasteiger partial charge in [0.2, 0.25) is 0 Å². The molecule has 1 aromatic rings. The molecule has 2 heterocycles. The van der Waals surface area contributed by atoms with Crippen LogP contribution in [0.1, 0.15) is 44.7 Å². The Morgan fingerprint density at radius 2 is 1.95 bits per heavy atom. The maximum Gasteiger partial charge on any atom is 0.0367 e. The van der Waals surface area contributed by atoms with Gasteiger partial charge in [0, 0.05) is 37.4 Å². The Kier molecular flexibility index (Phi) is 4.81. The minimum absolute atomic E-state index is 0.444. The molecule has 2 aliphatic heterocycles. The van der Waals surface area contributed by atoms with Crippen LogP contribution in [-0.2, 0) is 0 Å². The summed E-state index contributed by atoms with van der Waals surface area (Å²) < 4.78 is 0. The fourth-order valence-electron chi connectivity index (χ4n) is 3.79. The smallest absolute Gasteiger partial charge is 0.0367 e. The van der Waals surface area contributed by atoms with E-state index in [1.807, 2.05) is 0 Å². The second kappa shape index (κ2) is 6.80. The average Bonchev–Trinajstić information content (AvgIpc) is 2.55. The molecule has 1 N–H and O–H groups in total. The van der Waals surface area contributed by atoms with Gasteiger partial charge in [0.15, 0.2) is 0 Å². The molecular weight excluding hydrogens is 258 g/mol. The van der Waals surface area contributed by atoms with Gasteiger partial charge in [0.25, 0.3) is 0 Å². The number of hydrogen-bond acceptors (Lipinski definition) is 3. The van der Waals surface area contributed by atoms with Crippen molar-refractivity contribution in [2.24, 2.45) is 0 Å². The first-order valence-corrected chi connectivity index (χ1v) is 8.60. The molecular formula is C18H29N3. The molecule has 2 unspecified atom stereocenters. The second-order valence-corrected chi connectivity index (χ2v) is 6.50. The van der Waals surface area contributed by atoms with Crippen molar-refractivity contribution in [1.82, 2.24) is 10.2 Å². The topological polar surface area (TPSA) is 18.5 Å². The van der Waals surface area contributed by atoms with Crippen LogP contribution in [0, 0.1) is 0 Å². The molecule has 2 atom stereocenters. The van der Waals surface area contributed by atoms with Crippen LogP contribution in [0.2, 0.25) is 0 Å². The van der Waals surface area contributed by atoms with Crippen LogP contribution in [0.15, 0.2) is 24.3 Å². The average molecular weight is 287 g/mol. The molecule has 2 fully saturated rings. The molecule has 3 heteroatoms. The number of piperazine rings is 1. The van der Waals surface area contributed by atoms with E-state index in [1.54, 1.807) is 0 Å². The molecule has 2 aliphatic rings. The van der Waals surface area contributed by atoms with Gasteiger partial charge in [-0.25, -0.2) is 0 Å². The van der Waals surface area contributed by atoms with Gasteiger partial charge in [-0.1, -0.05) is 25.5 Å². The van der Waals surface area contributed by atoms with Gasteiger partial charge >= 0.3 is 0 Å². The lowest BCUT2D eigenvalue weighted by Crippen LogP contribution is -2.54. The van der Waals surface area contributed by atoms with E-state index < -0.39 is 0 Å². The lowest BCUT2D eigenvalue weighted by atomic mass is 9.99. The Morgan fingerprint density at radius 3 is 2.71 bits per heavy atom. The molecule has 0 saturated carbocycles. The van der Waals surface area contributed by atoms with E-state index >= 15 is 0 Å². The molecule has 3 nitrogen and oxygen atoms in total. The summed E-state index contributed by atoms with van der Waals surface area (Å²) >= 11 is 0. The molecule has 0 aliphatic carbocycles. The van der Waals surface area contributed by atoms with E-state index in [0.29, 0.717) is 6.04 Å². The Labute approximate surface area is 129 Å². The molecule has 116 valence electrons. The lowest BCUT2D eigenvalue weighted by Gasteiger charge is -2.45. The normalized spacial score (nSPS) is 24.7. The van der Waals surface area contributed by atoms with Crippen LogP contribution in [-0.4, -0.2) is 43.7 Å². The number of benzene rings is 1. The maximum atomic E-state index is 3.48. The van der Waals surface area contributed by atoms with Crippen molar-refractivity contribution in [3.63, 3.8) is 0 Å². The third kappa shape index (κ3) is 3.41. The molecule has 0 spiro atoms. The Hall–Kier alpha value is -1.06. The van der Waals surface area contributed by atoms with Gasteiger partial charge in [-0.2, -0.15) is 0 Å². The maximum absolute atomic E-state index is 3.48. The highest BCUT2D eigenvalue weighted by Crippen LogP contribution is 2.26. The first-order valence-electron chi connectivity index (χ1n) is 8.60. The quantitative estimate of drug-likeness (QED) is 0.918. The summed E-state index contributed by atoms with van der Waals surface area (Å²) in [5, 5.41) is 3.48. The molecule has 2 saturated heterocycles. The van der Waals surface area contributed by atoms with Crippen molar-refractivity contribution in [3.05, 3.63) is 29.8 Å². The van der Waals surface area contributed by atoms with Crippen LogP contribution < -0.4 is 10.2 Å². The van der Waals surface area contributed by atoms with Crippen molar-refractivity contribution in [2.45, 2.75) is 45.2 Å². The molecule has 21 heavy (non-hydrogen) atoms. The number of nitrogens with one attached hydrogen (secondary N) is 1. The van der Waals surface area contributed by atoms with Gasteiger partial charge in [-0.05, 0) is 50.6 Å². The number of nitrogens with zero attached hydrogens (tertiary/aromatic N) is 2. The number of piperidine rings is 1. The van der Waals surface area contributed by atoms with Crippen LogP contribution in [0.4, 0.5) is 5.69 Å². The summed E-state index contributed by atoms with van der Waals surface area (Å²) in [7, 11) is 0. The zero-order valence-electron chi connectivity index (χ0n) is 13.5. The van der Waals surface area contributed by atoms with E-state index in [1.165, 1.54) is 56.7 Å². The van der Waals surface area contributed by atoms with Crippen molar-refractivity contribution in [1.29, 1.82) is 0 Å². The SMILES string of the molecule is CCNC(C)c1ccc(N2CCN3CCCCC3C2)cc1. The summed E-state index contributed by atoms with van der Waals surface area (Å²) in [6.07, 6.45) is 4.19. The van der Waals surface area contributed by atoms with E-state index in [-0.39, 0.29) is 0 Å². The van der Waals surface area contributed by atoms with Gasteiger partial charge in [-0.3, -0.25) is 4.90 Å². The highest BCUT2D eigenvalue weighted by atomic mass is 15.3. The fraction of sp³-hybridized carbons (Fsp3) is 0.667. The van der Waals surface area contributed by atoms with Crippen LogP contribution in [0.3, 0.4) is 0 Å². The van der Waals surface area contributed by atoms with Crippen LogP contribution in [0.5, 0.6) is 0 Å². The van der Waals surface area contributed by atoms with E-state index in [9.17, 15) is 0 Å². The largest absolute Gasteiger partial charge is 0.369 e. The number of rotatable bonds is 4. The first-order chi connectivity index (χ1) is 10.3. The summed E-state index contributed by atoms with van der Waals surface area (Å²) in [5.74, 6) is 0. The first kappa shape index (κ1) is 14.9. The third-order valence-electron chi connectivity index (χ3n) is 5.11. The summed E-state index contributed by atoms with van der Waals surface area (Å²) in [6, 6.07) is 10.4. The monoisotopic (exact) mass is 287 g/mol.